The molecular formula is C17H21N3O. The van der Waals surface area contributed by atoms with E-state index in [2.05, 4.69) is 47.3 Å². The van der Waals surface area contributed by atoms with E-state index in [1.54, 1.807) is 0 Å². The number of fused-ring (bicyclic) bond motifs is 1. The lowest BCUT2D eigenvalue weighted by Gasteiger charge is -2.29. The van der Waals surface area contributed by atoms with Crippen molar-refractivity contribution in [3.05, 3.63) is 35.9 Å². The Labute approximate surface area is 125 Å². The second-order valence-electron chi connectivity index (χ2n) is 6.08. The van der Waals surface area contributed by atoms with Gasteiger partial charge in [-0.3, -0.25) is 0 Å². The summed E-state index contributed by atoms with van der Waals surface area (Å²) >= 11 is 0. The molecule has 4 heteroatoms. The van der Waals surface area contributed by atoms with Crippen LogP contribution >= 0.6 is 0 Å². The number of nitrogens with zero attached hydrogens (tertiary/aromatic N) is 2. The zero-order valence-electron chi connectivity index (χ0n) is 12.4. The Morgan fingerprint density at radius 1 is 1.29 bits per heavy atom. The van der Waals surface area contributed by atoms with Gasteiger partial charge in [-0.05, 0) is 25.3 Å². The van der Waals surface area contributed by atoms with Gasteiger partial charge in [0.15, 0.2) is 0 Å². The summed E-state index contributed by atoms with van der Waals surface area (Å²) in [7, 11) is 0. The number of aromatic nitrogens is 2. The van der Waals surface area contributed by atoms with E-state index in [1.165, 1.54) is 11.1 Å². The van der Waals surface area contributed by atoms with Crippen LogP contribution in [0.1, 0.15) is 24.4 Å². The van der Waals surface area contributed by atoms with Gasteiger partial charge in [-0.15, -0.1) is 0 Å². The van der Waals surface area contributed by atoms with Crippen LogP contribution in [0.4, 0.5) is 5.82 Å². The maximum atomic E-state index is 5.57. The van der Waals surface area contributed by atoms with Crippen LogP contribution in [0.2, 0.25) is 0 Å². The first kappa shape index (κ1) is 12.9. The molecule has 4 rings (SSSR count). The van der Waals surface area contributed by atoms with Gasteiger partial charge in [0.05, 0.1) is 18.3 Å². The number of benzene rings is 1. The number of hydrogen-bond acceptors (Lipinski definition) is 3. The van der Waals surface area contributed by atoms with E-state index in [9.17, 15) is 0 Å². The highest BCUT2D eigenvalue weighted by Gasteiger charge is 2.31. The highest BCUT2D eigenvalue weighted by atomic mass is 16.5. The molecule has 1 N–H and O–H groups in total. The molecule has 1 fully saturated rings. The second kappa shape index (κ2) is 5.19. The average Bonchev–Trinajstić information content (AvgIpc) is 3.16. The summed E-state index contributed by atoms with van der Waals surface area (Å²) in [6.45, 7) is 4.95. The Hall–Kier alpha value is -1.81. The molecule has 1 saturated heterocycles. The lowest BCUT2D eigenvalue weighted by atomic mass is 9.95. The summed E-state index contributed by atoms with van der Waals surface area (Å²) in [6.07, 6.45) is 2.29. The van der Waals surface area contributed by atoms with E-state index in [4.69, 9.17) is 9.84 Å². The van der Waals surface area contributed by atoms with E-state index < -0.39 is 0 Å². The minimum atomic E-state index is 0.474. The standard InChI is InChI=1S/C17H21N3O/c1-12-4-2-3-5-14(12)15-10-17-18-8-6-16(20(17)19-15)13-7-9-21-11-13/h2-5,10,13,16,18H,6-9,11H2,1H3. The second-order valence-corrected chi connectivity index (χ2v) is 6.08. The molecular weight excluding hydrogens is 262 g/mol. The number of anilines is 1. The van der Waals surface area contributed by atoms with Crippen molar-refractivity contribution in [3.8, 4) is 11.3 Å². The van der Waals surface area contributed by atoms with Crippen molar-refractivity contribution in [2.45, 2.75) is 25.8 Å². The Balaban J connectivity index is 1.72. The van der Waals surface area contributed by atoms with E-state index in [1.807, 2.05) is 0 Å². The largest absolute Gasteiger partial charge is 0.381 e. The molecule has 2 aliphatic heterocycles. The molecule has 0 aliphatic carbocycles. The fourth-order valence-corrected chi connectivity index (χ4v) is 3.53. The first-order valence-corrected chi connectivity index (χ1v) is 7.80. The van der Waals surface area contributed by atoms with Gasteiger partial charge in [-0.25, -0.2) is 4.68 Å². The summed E-state index contributed by atoms with van der Waals surface area (Å²) in [4.78, 5) is 0. The summed E-state index contributed by atoms with van der Waals surface area (Å²) in [5, 5.41) is 8.39. The van der Waals surface area contributed by atoms with Crippen molar-refractivity contribution in [2.24, 2.45) is 5.92 Å². The van der Waals surface area contributed by atoms with Gasteiger partial charge in [0.25, 0.3) is 0 Å². The van der Waals surface area contributed by atoms with E-state index >= 15 is 0 Å². The molecule has 21 heavy (non-hydrogen) atoms. The average molecular weight is 283 g/mol. The first-order valence-electron chi connectivity index (χ1n) is 7.80. The van der Waals surface area contributed by atoms with Crippen LogP contribution in [-0.2, 0) is 4.74 Å². The van der Waals surface area contributed by atoms with Crippen molar-refractivity contribution < 1.29 is 4.74 Å². The van der Waals surface area contributed by atoms with Gasteiger partial charge in [0, 0.05) is 30.7 Å². The molecule has 0 amide bonds. The molecule has 3 heterocycles. The van der Waals surface area contributed by atoms with Gasteiger partial charge in [-0.1, -0.05) is 24.3 Å². The van der Waals surface area contributed by atoms with Gasteiger partial charge >= 0.3 is 0 Å². The zero-order chi connectivity index (χ0) is 14.2. The lowest BCUT2D eigenvalue weighted by Crippen LogP contribution is -2.29. The molecule has 1 aromatic heterocycles. The molecule has 0 radical (unpaired) electrons. The Bertz CT molecular complexity index is 643. The summed E-state index contributed by atoms with van der Waals surface area (Å²) in [6, 6.07) is 11.1. The van der Waals surface area contributed by atoms with Crippen LogP contribution in [0, 0.1) is 12.8 Å². The monoisotopic (exact) mass is 283 g/mol. The van der Waals surface area contributed by atoms with Gasteiger partial charge in [0.1, 0.15) is 5.82 Å². The number of hydrogen-bond donors (Lipinski definition) is 1. The molecule has 1 aromatic carbocycles. The van der Waals surface area contributed by atoms with E-state index in [0.717, 1.165) is 44.1 Å². The summed E-state index contributed by atoms with van der Waals surface area (Å²) in [5.41, 5.74) is 3.57. The van der Waals surface area contributed by atoms with Crippen molar-refractivity contribution >= 4 is 5.82 Å². The molecule has 2 aliphatic rings. The third kappa shape index (κ3) is 2.23. The fraction of sp³-hybridized carbons (Fsp3) is 0.471. The van der Waals surface area contributed by atoms with Crippen molar-refractivity contribution in [1.29, 1.82) is 0 Å². The topological polar surface area (TPSA) is 39.1 Å². The van der Waals surface area contributed by atoms with E-state index in [0.29, 0.717) is 12.0 Å². The molecule has 2 unspecified atom stereocenters. The van der Waals surface area contributed by atoms with Crippen LogP contribution in [0.5, 0.6) is 0 Å². The summed E-state index contributed by atoms with van der Waals surface area (Å²) in [5.74, 6) is 1.76. The first-order chi connectivity index (χ1) is 10.3. The van der Waals surface area contributed by atoms with Crippen LogP contribution in [0.25, 0.3) is 11.3 Å². The third-order valence-electron chi connectivity index (χ3n) is 4.73. The molecule has 2 atom stereocenters. The van der Waals surface area contributed by atoms with Crippen LogP contribution in [0.3, 0.4) is 0 Å². The van der Waals surface area contributed by atoms with Crippen LogP contribution in [0.15, 0.2) is 30.3 Å². The SMILES string of the molecule is Cc1ccccc1-c1cc2n(n1)C(C1CCOC1)CCN2. The number of aryl methyl sites for hydroxylation is 1. The number of nitrogens with one attached hydrogen (secondary N) is 1. The molecule has 4 nitrogen and oxygen atoms in total. The highest BCUT2D eigenvalue weighted by Crippen LogP contribution is 2.36. The smallest absolute Gasteiger partial charge is 0.125 e. The third-order valence-corrected chi connectivity index (χ3v) is 4.73. The van der Waals surface area contributed by atoms with Gasteiger partial charge in [-0.2, -0.15) is 5.10 Å². The maximum Gasteiger partial charge on any atom is 0.125 e. The maximum absolute atomic E-state index is 5.57. The van der Waals surface area contributed by atoms with Gasteiger partial charge < -0.3 is 10.1 Å². The predicted octanol–water partition coefficient (Wildman–Crippen LogP) is 3.25. The normalized spacial score (nSPS) is 24.6. The molecule has 110 valence electrons. The zero-order valence-corrected chi connectivity index (χ0v) is 12.4. The predicted molar refractivity (Wildman–Crippen MR) is 83.5 cm³/mol. The quantitative estimate of drug-likeness (QED) is 0.919. The van der Waals surface area contributed by atoms with Gasteiger partial charge in [0.2, 0.25) is 0 Å². The van der Waals surface area contributed by atoms with Crippen molar-refractivity contribution in [1.82, 2.24) is 9.78 Å². The molecule has 0 bridgehead atoms. The molecule has 0 saturated carbocycles. The van der Waals surface area contributed by atoms with E-state index in [-0.39, 0.29) is 0 Å². The number of rotatable bonds is 2. The minimum absolute atomic E-state index is 0.474. The Morgan fingerprint density at radius 2 is 2.19 bits per heavy atom. The Kier molecular flexibility index (Phi) is 3.19. The lowest BCUT2D eigenvalue weighted by molar-refractivity contribution is 0.167. The molecule has 0 spiro atoms. The minimum Gasteiger partial charge on any atom is -0.381 e. The van der Waals surface area contributed by atoms with Crippen LogP contribution in [-0.4, -0.2) is 29.5 Å². The van der Waals surface area contributed by atoms with Crippen LogP contribution < -0.4 is 5.32 Å². The summed E-state index contributed by atoms with van der Waals surface area (Å²) < 4.78 is 7.77. The highest BCUT2D eigenvalue weighted by molar-refractivity contribution is 5.66. The Morgan fingerprint density at radius 3 is 3.00 bits per heavy atom. The number of ether oxygens (including phenoxy) is 1. The fourth-order valence-electron chi connectivity index (χ4n) is 3.53. The van der Waals surface area contributed by atoms with Crippen molar-refractivity contribution in [3.63, 3.8) is 0 Å². The van der Waals surface area contributed by atoms with Crippen molar-refractivity contribution in [2.75, 3.05) is 25.1 Å². The molecule has 2 aromatic rings.